The third-order valence-electron chi connectivity index (χ3n) is 3.99. The molecule has 3 unspecified atom stereocenters. The SMILES string of the molecule is CCNC1CCCCC1S(=O)c1ccc(C)cc1C. The molecule has 1 saturated carbocycles. The molecule has 0 amide bonds. The fourth-order valence-electron chi connectivity index (χ4n) is 3.04. The highest BCUT2D eigenvalue weighted by atomic mass is 32.2. The van der Waals surface area contributed by atoms with Crippen LogP contribution in [0.15, 0.2) is 23.1 Å². The summed E-state index contributed by atoms with van der Waals surface area (Å²) in [6, 6.07) is 6.68. The van der Waals surface area contributed by atoms with Crippen molar-refractivity contribution in [3.63, 3.8) is 0 Å². The fraction of sp³-hybridized carbons (Fsp3) is 0.625. The first-order chi connectivity index (χ1) is 9.13. The Morgan fingerprint density at radius 2 is 2.00 bits per heavy atom. The zero-order valence-corrected chi connectivity index (χ0v) is 13.1. The van der Waals surface area contributed by atoms with Crippen LogP contribution in [0.2, 0.25) is 0 Å². The topological polar surface area (TPSA) is 29.1 Å². The van der Waals surface area contributed by atoms with Crippen molar-refractivity contribution in [1.82, 2.24) is 5.32 Å². The van der Waals surface area contributed by atoms with Crippen LogP contribution in [0.25, 0.3) is 0 Å². The van der Waals surface area contributed by atoms with Crippen LogP contribution in [-0.4, -0.2) is 22.0 Å². The third kappa shape index (κ3) is 3.46. The Morgan fingerprint density at radius 3 is 2.68 bits per heavy atom. The Kier molecular flexibility index (Phi) is 5.17. The van der Waals surface area contributed by atoms with E-state index in [1.807, 2.05) is 0 Å². The minimum Gasteiger partial charge on any atom is -0.313 e. The number of aryl methyl sites for hydroxylation is 2. The average Bonchev–Trinajstić information content (AvgIpc) is 2.39. The van der Waals surface area contributed by atoms with E-state index in [9.17, 15) is 4.21 Å². The molecule has 3 heteroatoms. The van der Waals surface area contributed by atoms with Gasteiger partial charge in [0, 0.05) is 10.9 Å². The molecule has 2 rings (SSSR count). The van der Waals surface area contributed by atoms with Crippen LogP contribution < -0.4 is 5.32 Å². The van der Waals surface area contributed by atoms with E-state index in [1.54, 1.807) is 0 Å². The van der Waals surface area contributed by atoms with Crippen molar-refractivity contribution in [1.29, 1.82) is 0 Å². The first-order valence-electron chi connectivity index (χ1n) is 7.34. The van der Waals surface area contributed by atoms with Gasteiger partial charge in [0.05, 0.1) is 16.0 Å². The van der Waals surface area contributed by atoms with Gasteiger partial charge in [-0.05, 0) is 44.9 Å². The van der Waals surface area contributed by atoms with Crippen molar-refractivity contribution in [2.75, 3.05) is 6.54 Å². The lowest BCUT2D eigenvalue weighted by atomic mass is 9.95. The van der Waals surface area contributed by atoms with Crippen LogP contribution in [-0.2, 0) is 10.8 Å². The maximum atomic E-state index is 12.9. The van der Waals surface area contributed by atoms with Crippen LogP contribution in [0.4, 0.5) is 0 Å². The van der Waals surface area contributed by atoms with Gasteiger partial charge in [-0.25, -0.2) is 0 Å². The molecule has 1 aliphatic rings. The molecule has 3 atom stereocenters. The molecule has 2 nitrogen and oxygen atoms in total. The molecule has 1 aliphatic carbocycles. The van der Waals surface area contributed by atoms with E-state index >= 15 is 0 Å². The second-order valence-corrected chi connectivity index (χ2v) is 7.19. The molecule has 0 saturated heterocycles. The molecule has 1 N–H and O–H groups in total. The molecular formula is C16H25NOS. The summed E-state index contributed by atoms with van der Waals surface area (Å²) in [7, 11) is -0.884. The highest BCUT2D eigenvalue weighted by Crippen LogP contribution is 2.28. The standard InChI is InChI=1S/C16H25NOS/c1-4-17-14-7-5-6-8-16(14)19(18)15-10-9-12(2)11-13(15)3/h9-11,14,16-17H,4-8H2,1-3H3. The van der Waals surface area contributed by atoms with E-state index in [2.05, 4.69) is 44.3 Å². The van der Waals surface area contributed by atoms with Gasteiger partial charge in [-0.2, -0.15) is 0 Å². The first-order valence-corrected chi connectivity index (χ1v) is 8.56. The van der Waals surface area contributed by atoms with Crippen LogP contribution in [0.5, 0.6) is 0 Å². The van der Waals surface area contributed by atoms with Crippen molar-refractivity contribution >= 4 is 10.8 Å². The summed E-state index contributed by atoms with van der Waals surface area (Å²) in [6.45, 7) is 7.25. The molecule has 0 aromatic heterocycles. The van der Waals surface area contributed by atoms with Gasteiger partial charge in [0.2, 0.25) is 0 Å². The van der Waals surface area contributed by atoms with Crippen molar-refractivity contribution in [3.8, 4) is 0 Å². The van der Waals surface area contributed by atoms with Gasteiger partial charge in [0.25, 0.3) is 0 Å². The van der Waals surface area contributed by atoms with Gasteiger partial charge in [-0.15, -0.1) is 0 Å². The normalized spacial score (nSPS) is 25.2. The van der Waals surface area contributed by atoms with E-state index in [0.29, 0.717) is 6.04 Å². The molecule has 106 valence electrons. The molecule has 0 bridgehead atoms. The van der Waals surface area contributed by atoms with Gasteiger partial charge < -0.3 is 5.32 Å². The molecule has 0 radical (unpaired) electrons. The van der Waals surface area contributed by atoms with Crippen molar-refractivity contribution in [2.45, 2.75) is 62.6 Å². The monoisotopic (exact) mass is 279 g/mol. The lowest BCUT2D eigenvalue weighted by molar-refractivity contribution is 0.385. The number of hydrogen-bond acceptors (Lipinski definition) is 2. The van der Waals surface area contributed by atoms with E-state index < -0.39 is 10.8 Å². The van der Waals surface area contributed by atoms with Crippen LogP contribution in [0.1, 0.15) is 43.7 Å². The molecule has 1 aromatic rings. The van der Waals surface area contributed by atoms with Crippen LogP contribution in [0.3, 0.4) is 0 Å². The maximum Gasteiger partial charge on any atom is 0.0579 e. The Morgan fingerprint density at radius 1 is 1.26 bits per heavy atom. The Hall–Kier alpha value is -0.670. The number of hydrogen-bond donors (Lipinski definition) is 1. The number of nitrogens with one attached hydrogen (secondary N) is 1. The van der Waals surface area contributed by atoms with Crippen molar-refractivity contribution in [2.24, 2.45) is 0 Å². The van der Waals surface area contributed by atoms with Crippen molar-refractivity contribution in [3.05, 3.63) is 29.3 Å². The largest absolute Gasteiger partial charge is 0.313 e. The predicted molar refractivity (Wildman–Crippen MR) is 82.0 cm³/mol. The second kappa shape index (κ2) is 6.67. The zero-order chi connectivity index (χ0) is 13.8. The molecule has 19 heavy (non-hydrogen) atoms. The smallest absolute Gasteiger partial charge is 0.0579 e. The van der Waals surface area contributed by atoms with E-state index in [0.717, 1.165) is 24.3 Å². The van der Waals surface area contributed by atoms with Gasteiger partial charge >= 0.3 is 0 Å². The minimum atomic E-state index is -0.884. The summed E-state index contributed by atoms with van der Waals surface area (Å²) in [5.74, 6) is 0. The zero-order valence-electron chi connectivity index (χ0n) is 12.2. The first kappa shape index (κ1) is 14.7. The third-order valence-corrected chi connectivity index (χ3v) is 6.00. The molecule has 0 aliphatic heterocycles. The van der Waals surface area contributed by atoms with Gasteiger partial charge in [0.15, 0.2) is 0 Å². The Bertz CT molecular complexity index is 456. The molecular weight excluding hydrogens is 254 g/mol. The van der Waals surface area contributed by atoms with Gasteiger partial charge in [0.1, 0.15) is 0 Å². The lowest BCUT2D eigenvalue weighted by Crippen LogP contribution is -2.44. The second-order valence-electron chi connectivity index (χ2n) is 5.55. The Labute approximate surface area is 119 Å². The van der Waals surface area contributed by atoms with Gasteiger partial charge in [-0.3, -0.25) is 4.21 Å². The molecule has 1 aromatic carbocycles. The summed E-state index contributed by atoms with van der Waals surface area (Å²) in [5.41, 5.74) is 2.41. The Balaban J connectivity index is 2.21. The van der Waals surface area contributed by atoms with Crippen molar-refractivity contribution < 1.29 is 4.21 Å². The van der Waals surface area contributed by atoms with Crippen LogP contribution in [0, 0.1) is 13.8 Å². The summed E-state index contributed by atoms with van der Waals surface area (Å²) in [4.78, 5) is 1.03. The molecule has 1 fully saturated rings. The van der Waals surface area contributed by atoms with Crippen LogP contribution >= 0.6 is 0 Å². The molecule has 0 heterocycles. The van der Waals surface area contributed by atoms with E-state index in [4.69, 9.17) is 0 Å². The number of benzene rings is 1. The predicted octanol–water partition coefficient (Wildman–Crippen LogP) is 3.33. The summed E-state index contributed by atoms with van der Waals surface area (Å²) in [5, 5.41) is 3.80. The fourth-order valence-corrected chi connectivity index (χ4v) is 4.85. The minimum absolute atomic E-state index is 0.273. The number of rotatable bonds is 4. The lowest BCUT2D eigenvalue weighted by Gasteiger charge is -2.31. The average molecular weight is 279 g/mol. The summed E-state index contributed by atoms with van der Waals surface area (Å²) >= 11 is 0. The van der Waals surface area contributed by atoms with Gasteiger partial charge in [-0.1, -0.05) is 37.5 Å². The highest BCUT2D eigenvalue weighted by Gasteiger charge is 2.30. The van der Waals surface area contributed by atoms with E-state index in [1.165, 1.54) is 24.0 Å². The molecule has 0 spiro atoms. The maximum absolute atomic E-state index is 12.9. The van der Waals surface area contributed by atoms with E-state index in [-0.39, 0.29) is 5.25 Å². The summed E-state index contributed by atoms with van der Waals surface area (Å²) < 4.78 is 12.9. The summed E-state index contributed by atoms with van der Waals surface area (Å²) in [6.07, 6.45) is 4.72. The highest BCUT2D eigenvalue weighted by molar-refractivity contribution is 7.85. The quantitative estimate of drug-likeness (QED) is 0.916.